The van der Waals surface area contributed by atoms with Crippen LogP contribution in [0.25, 0.3) is 0 Å². The van der Waals surface area contributed by atoms with Crippen LogP contribution in [-0.4, -0.2) is 55.2 Å². The van der Waals surface area contributed by atoms with Gasteiger partial charge in [-0.1, -0.05) is 37.3 Å². The Morgan fingerprint density at radius 2 is 2.00 bits per heavy atom. The molecule has 0 spiro atoms. The van der Waals surface area contributed by atoms with Crippen molar-refractivity contribution in [1.82, 2.24) is 9.80 Å². The van der Waals surface area contributed by atoms with Crippen molar-refractivity contribution < 1.29 is 4.39 Å². The molecule has 18 heavy (non-hydrogen) atoms. The first-order chi connectivity index (χ1) is 8.83. The minimum Gasteiger partial charge on any atom is -0.300 e. The summed E-state index contributed by atoms with van der Waals surface area (Å²) >= 11 is 0. The average molecular weight is 250 g/mol. The SMILES string of the molecule is CCN(CCF)C1CN(CCc2ccccc2)C1. The number of rotatable bonds is 7. The first-order valence-corrected chi connectivity index (χ1v) is 6.89. The molecule has 2 nitrogen and oxygen atoms in total. The Morgan fingerprint density at radius 3 is 2.61 bits per heavy atom. The van der Waals surface area contributed by atoms with Gasteiger partial charge in [-0.3, -0.25) is 9.80 Å². The summed E-state index contributed by atoms with van der Waals surface area (Å²) in [7, 11) is 0. The zero-order valence-corrected chi connectivity index (χ0v) is 11.2. The molecule has 0 aliphatic carbocycles. The molecule has 0 amide bonds. The van der Waals surface area contributed by atoms with E-state index in [-0.39, 0.29) is 6.67 Å². The van der Waals surface area contributed by atoms with E-state index in [2.05, 4.69) is 47.1 Å². The van der Waals surface area contributed by atoms with E-state index in [1.54, 1.807) is 0 Å². The van der Waals surface area contributed by atoms with Crippen molar-refractivity contribution in [2.45, 2.75) is 19.4 Å². The van der Waals surface area contributed by atoms with Crippen molar-refractivity contribution in [2.75, 3.05) is 39.4 Å². The first-order valence-electron chi connectivity index (χ1n) is 6.89. The molecule has 0 bridgehead atoms. The van der Waals surface area contributed by atoms with Crippen LogP contribution in [0.3, 0.4) is 0 Å². The van der Waals surface area contributed by atoms with Gasteiger partial charge in [0.25, 0.3) is 0 Å². The van der Waals surface area contributed by atoms with Crippen LogP contribution >= 0.6 is 0 Å². The molecule has 1 saturated heterocycles. The van der Waals surface area contributed by atoms with E-state index in [0.717, 1.165) is 32.6 Å². The summed E-state index contributed by atoms with van der Waals surface area (Å²) in [6, 6.07) is 11.2. The van der Waals surface area contributed by atoms with Gasteiger partial charge in [-0.15, -0.1) is 0 Å². The molecule has 3 heteroatoms. The number of alkyl halides is 1. The van der Waals surface area contributed by atoms with Crippen LogP contribution in [0, 0.1) is 0 Å². The lowest BCUT2D eigenvalue weighted by molar-refractivity contribution is 0.0346. The summed E-state index contributed by atoms with van der Waals surface area (Å²) < 4.78 is 12.4. The highest BCUT2D eigenvalue weighted by molar-refractivity contribution is 5.15. The third-order valence-electron chi connectivity index (χ3n) is 3.79. The van der Waals surface area contributed by atoms with E-state index in [9.17, 15) is 4.39 Å². The Bertz CT molecular complexity index is 336. The molecule has 0 saturated carbocycles. The molecule has 0 aromatic heterocycles. The summed E-state index contributed by atoms with van der Waals surface area (Å²) in [5, 5.41) is 0. The fourth-order valence-corrected chi connectivity index (χ4v) is 2.60. The summed E-state index contributed by atoms with van der Waals surface area (Å²) in [5.74, 6) is 0. The molecular formula is C15H23FN2. The minimum atomic E-state index is -0.228. The maximum atomic E-state index is 12.4. The topological polar surface area (TPSA) is 6.48 Å². The number of likely N-dealkylation sites (N-methyl/N-ethyl adjacent to an activating group) is 1. The Hall–Kier alpha value is -0.930. The number of benzene rings is 1. The Balaban J connectivity index is 1.67. The minimum absolute atomic E-state index is 0.228. The van der Waals surface area contributed by atoms with Gasteiger partial charge in [-0.2, -0.15) is 0 Å². The maximum Gasteiger partial charge on any atom is 0.102 e. The molecule has 0 atom stereocenters. The second kappa shape index (κ2) is 6.86. The van der Waals surface area contributed by atoms with Gasteiger partial charge in [0.2, 0.25) is 0 Å². The summed E-state index contributed by atoms with van der Waals surface area (Å²) in [6.07, 6.45) is 1.11. The van der Waals surface area contributed by atoms with E-state index in [4.69, 9.17) is 0 Å². The maximum absolute atomic E-state index is 12.4. The Kier molecular flexibility index (Phi) is 5.14. The van der Waals surface area contributed by atoms with Crippen LogP contribution in [0.1, 0.15) is 12.5 Å². The number of likely N-dealkylation sites (tertiary alicyclic amines) is 1. The lowest BCUT2D eigenvalue weighted by Crippen LogP contribution is -2.59. The summed E-state index contributed by atoms with van der Waals surface area (Å²) in [5.41, 5.74) is 1.40. The quantitative estimate of drug-likeness (QED) is 0.732. The highest BCUT2D eigenvalue weighted by Crippen LogP contribution is 2.15. The summed E-state index contributed by atoms with van der Waals surface area (Å²) in [4.78, 5) is 4.71. The number of halogens is 1. The van der Waals surface area contributed by atoms with Gasteiger partial charge in [0, 0.05) is 32.2 Å². The van der Waals surface area contributed by atoms with Crippen molar-refractivity contribution >= 4 is 0 Å². The second-order valence-corrected chi connectivity index (χ2v) is 4.97. The van der Waals surface area contributed by atoms with Crippen molar-refractivity contribution in [2.24, 2.45) is 0 Å². The largest absolute Gasteiger partial charge is 0.300 e. The molecule has 2 rings (SSSR count). The lowest BCUT2D eigenvalue weighted by atomic mass is 10.1. The highest BCUT2D eigenvalue weighted by atomic mass is 19.1. The van der Waals surface area contributed by atoms with Gasteiger partial charge in [0.05, 0.1) is 0 Å². The van der Waals surface area contributed by atoms with Crippen molar-refractivity contribution in [3.8, 4) is 0 Å². The molecule has 1 aliphatic heterocycles. The van der Waals surface area contributed by atoms with Crippen LogP contribution in [-0.2, 0) is 6.42 Å². The van der Waals surface area contributed by atoms with Gasteiger partial charge in [0.15, 0.2) is 0 Å². The van der Waals surface area contributed by atoms with Gasteiger partial charge in [-0.25, -0.2) is 4.39 Å². The molecule has 1 aromatic rings. The van der Waals surface area contributed by atoms with Crippen LogP contribution in [0.5, 0.6) is 0 Å². The van der Waals surface area contributed by atoms with Crippen LogP contribution in [0.15, 0.2) is 30.3 Å². The van der Waals surface area contributed by atoms with E-state index in [0.29, 0.717) is 12.6 Å². The standard InChI is InChI=1S/C15H23FN2/c1-2-18(11-9-16)15-12-17(13-15)10-8-14-6-4-3-5-7-14/h3-7,15H,2,8-13H2,1H3. The molecule has 0 unspecified atom stereocenters. The molecule has 1 aromatic carbocycles. The summed E-state index contributed by atoms with van der Waals surface area (Å²) in [6.45, 7) is 6.75. The van der Waals surface area contributed by atoms with Gasteiger partial charge in [-0.05, 0) is 18.5 Å². The third-order valence-corrected chi connectivity index (χ3v) is 3.79. The van der Waals surface area contributed by atoms with Crippen LogP contribution in [0.2, 0.25) is 0 Å². The molecule has 100 valence electrons. The van der Waals surface area contributed by atoms with Crippen LogP contribution in [0.4, 0.5) is 4.39 Å². The van der Waals surface area contributed by atoms with E-state index >= 15 is 0 Å². The van der Waals surface area contributed by atoms with Crippen LogP contribution < -0.4 is 0 Å². The zero-order chi connectivity index (χ0) is 12.8. The number of hydrogen-bond donors (Lipinski definition) is 0. The molecule has 1 heterocycles. The zero-order valence-electron chi connectivity index (χ0n) is 11.2. The Labute approximate surface area is 109 Å². The van der Waals surface area contributed by atoms with Crippen molar-refractivity contribution in [3.05, 3.63) is 35.9 Å². The lowest BCUT2D eigenvalue weighted by Gasteiger charge is -2.45. The van der Waals surface area contributed by atoms with E-state index in [1.807, 2.05) is 0 Å². The number of hydrogen-bond acceptors (Lipinski definition) is 2. The van der Waals surface area contributed by atoms with Gasteiger partial charge >= 0.3 is 0 Å². The third kappa shape index (κ3) is 3.53. The predicted octanol–water partition coefficient (Wildman–Crippen LogP) is 2.20. The molecule has 1 fully saturated rings. The van der Waals surface area contributed by atoms with E-state index < -0.39 is 0 Å². The van der Waals surface area contributed by atoms with E-state index in [1.165, 1.54) is 5.56 Å². The second-order valence-electron chi connectivity index (χ2n) is 4.97. The predicted molar refractivity (Wildman–Crippen MR) is 73.6 cm³/mol. The normalized spacial score (nSPS) is 17.1. The fourth-order valence-electron chi connectivity index (χ4n) is 2.60. The fraction of sp³-hybridized carbons (Fsp3) is 0.600. The number of nitrogens with zero attached hydrogens (tertiary/aromatic N) is 2. The van der Waals surface area contributed by atoms with Crippen molar-refractivity contribution in [1.29, 1.82) is 0 Å². The monoisotopic (exact) mass is 250 g/mol. The molecular weight excluding hydrogens is 227 g/mol. The average Bonchev–Trinajstić information content (AvgIpc) is 2.36. The Morgan fingerprint density at radius 1 is 1.28 bits per heavy atom. The molecule has 1 aliphatic rings. The highest BCUT2D eigenvalue weighted by Gasteiger charge is 2.30. The first kappa shape index (κ1) is 13.5. The smallest absolute Gasteiger partial charge is 0.102 e. The van der Waals surface area contributed by atoms with Gasteiger partial charge < -0.3 is 0 Å². The molecule has 0 N–H and O–H groups in total. The molecule has 0 radical (unpaired) electrons. The van der Waals surface area contributed by atoms with Crippen molar-refractivity contribution in [3.63, 3.8) is 0 Å². The van der Waals surface area contributed by atoms with Gasteiger partial charge in [0.1, 0.15) is 6.67 Å².